The first-order valence-electron chi connectivity index (χ1n) is 3.48. The first kappa shape index (κ1) is 9.21. The fourth-order valence-electron chi connectivity index (χ4n) is 0.900. The summed E-state index contributed by atoms with van der Waals surface area (Å²) in [7, 11) is 0. The molecule has 0 aliphatic carbocycles. The van der Waals surface area contributed by atoms with Crippen molar-refractivity contribution in [1.29, 1.82) is 5.26 Å². The number of hydrogen-bond acceptors (Lipinski definition) is 1. The summed E-state index contributed by atoms with van der Waals surface area (Å²) in [5.41, 5.74) is 1.34. The van der Waals surface area contributed by atoms with Crippen LogP contribution in [0.1, 0.15) is 11.1 Å². The molecule has 0 radical (unpaired) electrons. The van der Waals surface area contributed by atoms with Crippen molar-refractivity contribution in [1.82, 2.24) is 0 Å². The van der Waals surface area contributed by atoms with E-state index in [2.05, 4.69) is 15.9 Å². The van der Waals surface area contributed by atoms with E-state index in [4.69, 9.17) is 5.26 Å². The molecule has 1 aromatic rings. The Morgan fingerprint density at radius 1 is 1.50 bits per heavy atom. The van der Waals surface area contributed by atoms with Crippen LogP contribution in [0.4, 0.5) is 4.39 Å². The summed E-state index contributed by atoms with van der Waals surface area (Å²) in [6.45, 7) is 0. The highest BCUT2D eigenvalue weighted by Crippen LogP contribution is 2.13. The standard InChI is InChI=1S/C9H7BrFN/c10-6-8-2-1-7(3-4-12)5-9(8)11/h1-2,5H,3,6H2. The van der Waals surface area contributed by atoms with Gasteiger partial charge in [0.05, 0.1) is 12.5 Å². The van der Waals surface area contributed by atoms with Gasteiger partial charge in [-0.25, -0.2) is 4.39 Å². The third kappa shape index (κ3) is 2.05. The van der Waals surface area contributed by atoms with Crippen molar-refractivity contribution in [2.45, 2.75) is 11.8 Å². The third-order valence-corrected chi connectivity index (χ3v) is 2.15. The van der Waals surface area contributed by atoms with Gasteiger partial charge in [0, 0.05) is 5.33 Å². The normalized spacial score (nSPS) is 9.42. The molecule has 0 bridgehead atoms. The molecule has 1 nitrogen and oxygen atoms in total. The summed E-state index contributed by atoms with van der Waals surface area (Å²) in [6, 6.07) is 6.83. The zero-order valence-electron chi connectivity index (χ0n) is 6.35. The van der Waals surface area contributed by atoms with Gasteiger partial charge in [-0.2, -0.15) is 5.26 Å². The van der Waals surface area contributed by atoms with E-state index in [9.17, 15) is 4.39 Å². The fraction of sp³-hybridized carbons (Fsp3) is 0.222. The molecule has 12 heavy (non-hydrogen) atoms. The van der Waals surface area contributed by atoms with Crippen LogP contribution in [0.2, 0.25) is 0 Å². The van der Waals surface area contributed by atoms with Crippen molar-refractivity contribution in [3.8, 4) is 6.07 Å². The van der Waals surface area contributed by atoms with Crippen LogP contribution < -0.4 is 0 Å². The van der Waals surface area contributed by atoms with E-state index in [-0.39, 0.29) is 12.2 Å². The maximum absolute atomic E-state index is 13.0. The zero-order valence-corrected chi connectivity index (χ0v) is 7.94. The largest absolute Gasteiger partial charge is 0.207 e. The molecule has 0 saturated carbocycles. The van der Waals surface area contributed by atoms with Crippen LogP contribution in [0, 0.1) is 17.1 Å². The lowest BCUT2D eigenvalue weighted by molar-refractivity contribution is 0.616. The van der Waals surface area contributed by atoms with E-state index in [1.165, 1.54) is 6.07 Å². The molecule has 0 unspecified atom stereocenters. The van der Waals surface area contributed by atoms with Crippen LogP contribution in [0.25, 0.3) is 0 Å². The second kappa shape index (κ2) is 4.22. The third-order valence-electron chi connectivity index (χ3n) is 1.54. The van der Waals surface area contributed by atoms with Crippen molar-refractivity contribution >= 4 is 15.9 Å². The Bertz CT molecular complexity index is 317. The van der Waals surface area contributed by atoms with Crippen LogP contribution in [0.3, 0.4) is 0 Å². The lowest BCUT2D eigenvalue weighted by atomic mass is 10.1. The molecule has 0 fully saturated rings. The SMILES string of the molecule is N#CCc1ccc(CBr)c(F)c1. The zero-order chi connectivity index (χ0) is 8.97. The van der Waals surface area contributed by atoms with Gasteiger partial charge >= 0.3 is 0 Å². The van der Waals surface area contributed by atoms with Gasteiger partial charge in [-0.1, -0.05) is 28.1 Å². The van der Waals surface area contributed by atoms with Crippen molar-refractivity contribution in [3.63, 3.8) is 0 Å². The van der Waals surface area contributed by atoms with E-state index in [0.717, 1.165) is 5.56 Å². The average molecular weight is 228 g/mol. The number of alkyl halides is 1. The van der Waals surface area contributed by atoms with Gasteiger partial charge in [0.15, 0.2) is 0 Å². The molecule has 3 heteroatoms. The number of rotatable bonds is 2. The predicted octanol–water partition coefficient (Wildman–Crippen LogP) is 2.79. The quantitative estimate of drug-likeness (QED) is 0.714. The highest BCUT2D eigenvalue weighted by Gasteiger charge is 2.01. The maximum atomic E-state index is 13.0. The van der Waals surface area contributed by atoms with E-state index < -0.39 is 0 Å². The lowest BCUT2D eigenvalue weighted by Gasteiger charge is -1.99. The molecular formula is C9H7BrFN. The summed E-state index contributed by atoms with van der Waals surface area (Å²) in [5.74, 6) is -0.250. The molecular weight excluding hydrogens is 221 g/mol. The Morgan fingerprint density at radius 2 is 2.25 bits per heavy atom. The first-order valence-corrected chi connectivity index (χ1v) is 4.60. The topological polar surface area (TPSA) is 23.8 Å². The summed E-state index contributed by atoms with van der Waals surface area (Å²) < 4.78 is 13.0. The van der Waals surface area contributed by atoms with Gasteiger partial charge < -0.3 is 0 Å². The Labute approximate surface area is 79.0 Å². The van der Waals surface area contributed by atoms with Crippen molar-refractivity contribution < 1.29 is 4.39 Å². The minimum absolute atomic E-state index is 0.250. The molecule has 0 aromatic heterocycles. The second-order valence-corrected chi connectivity index (χ2v) is 2.96. The Hall–Kier alpha value is -0.880. The highest BCUT2D eigenvalue weighted by molar-refractivity contribution is 9.08. The van der Waals surface area contributed by atoms with Crippen LogP contribution in [0.15, 0.2) is 18.2 Å². The van der Waals surface area contributed by atoms with Gasteiger partial charge in [0.2, 0.25) is 0 Å². The molecule has 62 valence electrons. The van der Waals surface area contributed by atoms with Crippen LogP contribution in [0.5, 0.6) is 0 Å². The lowest BCUT2D eigenvalue weighted by Crippen LogP contribution is -1.89. The summed E-state index contributed by atoms with van der Waals surface area (Å²) in [5, 5.41) is 8.86. The van der Waals surface area contributed by atoms with Crippen molar-refractivity contribution in [2.75, 3.05) is 0 Å². The number of hydrogen-bond donors (Lipinski definition) is 0. The highest BCUT2D eigenvalue weighted by atomic mass is 79.9. The van der Waals surface area contributed by atoms with E-state index in [1.54, 1.807) is 12.1 Å². The Balaban J connectivity index is 2.95. The maximum Gasteiger partial charge on any atom is 0.127 e. The number of nitrogens with zero attached hydrogens (tertiary/aromatic N) is 1. The number of benzene rings is 1. The molecule has 0 saturated heterocycles. The van der Waals surface area contributed by atoms with Crippen molar-refractivity contribution in [3.05, 3.63) is 35.1 Å². The van der Waals surface area contributed by atoms with Crippen molar-refractivity contribution in [2.24, 2.45) is 0 Å². The Kier molecular flexibility index (Phi) is 3.24. The van der Waals surface area contributed by atoms with Gasteiger partial charge in [-0.05, 0) is 17.2 Å². The second-order valence-electron chi connectivity index (χ2n) is 2.39. The monoisotopic (exact) mass is 227 g/mol. The van der Waals surface area contributed by atoms with Crippen LogP contribution >= 0.6 is 15.9 Å². The molecule has 0 amide bonds. The summed E-state index contributed by atoms with van der Waals surface area (Å²) in [4.78, 5) is 0. The van der Waals surface area contributed by atoms with Crippen LogP contribution in [-0.4, -0.2) is 0 Å². The van der Waals surface area contributed by atoms with Gasteiger partial charge in [0.25, 0.3) is 0 Å². The minimum Gasteiger partial charge on any atom is -0.207 e. The van der Waals surface area contributed by atoms with Gasteiger partial charge in [0.1, 0.15) is 5.82 Å². The average Bonchev–Trinajstić information content (AvgIpc) is 2.05. The number of nitriles is 1. The molecule has 0 atom stereocenters. The predicted molar refractivity (Wildman–Crippen MR) is 48.3 cm³/mol. The fourth-order valence-corrected chi connectivity index (χ4v) is 1.36. The molecule has 0 spiro atoms. The summed E-state index contributed by atoms with van der Waals surface area (Å²) in [6.07, 6.45) is 0.263. The minimum atomic E-state index is -0.250. The van der Waals surface area contributed by atoms with Crippen LogP contribution in [-0.2, 0) is 11.8 Å². The Morgan fingerprint density at radius 3 is 2.75 bits per heavy atom. The smallest absolute Gasteiger partial charge is 0.127 e. The summed E-state index contributed by atoms with van der Waals surface area (Å²) >= 11 is 3.17. The molecule has 0 aliphatic rings. The van der Waals surface area contributed by atoms with Gasteiger partial charge in [-0.3, -0.25) is 0 Å². The molecule has 0 heterocycles. The first-order chi connectivity index (χ1) is 5.77. The molecule has 1 rings (SSSR count). The van der Waals surface area contributed by atoms with E-state index in [1.807, 2.05) is 6.07 Å². The molecule has 0 N–H and O–H groups in total. The van der Waals surface area contributed by atoms with Gasteiger partial charge in [-0.15, -0.1) is 0 Å². The molecule has 1 aromatic carbocycles. The van der Waals surface area contributed by atoms with E-state index in [0.29, 0.717) is 10.9 Å². The number of halogens is 2. The van der Waals surface area contributed by atoms with E-state index >= 15 is 0 Å². The molecule has 0 aliphatic heterocycles.